The average molecular weight is 250 g/mol. The van der Waals surface area contributed by atoms with Crippen molar-refractivity contribution in [2.24, 2.45) is 5.92 Å². The molecule has 18 heavy (non-hydrogen) atoms. The quantitative estimate of drug-likeness (QED) is 0.884. The molecule has 0 aromatic heterocycles. The van der Waals surface area contributed by atoms with Gasteiger partial charge in [-0.1, -0.05) is 12.1 Å². The Balaban J connectivity index is 2.05. The molecule has 1 atom stereocenters. The molecule has 2 rings (SSSR count). The predicted molar refractivity (Wildman–Crippen MR) is 73.0 cm³/mol. The first-order valence-electron chi connectivity index (χ1n) is 6.79. The van der Waals surface area contributed by atoms with Gasteiger partial charge >= 0.3 is 0 Å². The molecule has 0 amide bonds. The van der Waals surface area contributed by atoms with E-state index in [-0.39, 0.29) is 5.82 Å². The molecule has 1 aromatic rings. The molecular formula is C15H23FN2. The molecule has 1 fully saturated rings. The van der Waals surface area contributed by atoms with Crippen molar-refractivity contribution in [1.29, 1.82) is 0 Å². The van der Waals surface area contributed by atoms with Gasteiger partial charge in [-0.2, -0.15) is 0 Å². The Morgan fingerprint density at radius 1 is 1.22 bits per heavy atom. The van der Waals surface area contributed by atoms with Gasteiger partial charge in [0.15, 0.2) is 0 Å². The van der Waals surface area contributed by atoms with Crippen LogP contribution in [0.2, 0.25) is 0 Å². The normalized spacial score (nSPS) is 19.1. The average Bonchev–Trinajstić information content (AvgIpc) is 2.38. The van der Waals surface area contributed by atoms with Gasteiger partial charge in [-0.3, -0.25) is 0 Å². The molecule has 3 heteroatoms. The molecule has 0 saturated carbocycles. The molecule has 0 aliphatic carbocycles. The Kier molecular flexibility index (Phi) is 4.72. The largest absolute Gasteiger partial charge is 0.317 e. The highest BCUT2D eigenvalue weighted by molar-refractivity contribution is 5.20. The fraction of sp³-hybridized carbons (Fsp3) is 0.600. The molecule has 1 saturated heterocycles. The van der Waals surface area contributed by atoms with Crippen molar-refractivity contribution in [3.8, 4) is 0 Å². The summed E-state index contributed by atoms with van der Waals surface area (Å²) in [5, 5.41) is 3.40. The van der Waals surface area contributed by atoms with E-state index < -0.39 is 0 Å². The topological polar surface area (TPSA) is 15.3 Å². The van der Waals surface area contributed by atoms with Crippen LogP contribution in [0.1, 0.15) is 30.9 Å². The molecule has 1 N–H and O–H groups in total. The minimum atomic E-state index is -0.155. The van der Waals surface area contributed by atoms with Crippen LogP contribution in [0.15, 0.2) is 24.3 Å². The summed E-state index contributed by atoms with van der Waals surface area (Å²) in [4.78, 5) is 2.25. The lowest BCUT2D eigenvalue weighted by atomic mass is 9.88. The van der Waals surface area contributed by atoms with Crippen molar-refractivity contribution in [1.82, 2.24) is 10.2 Å². The van der Waals surface area contributed by atoms with Gasteiger partial charge < -0.3 is 10.2 Å². The van der Waals surface area contributed by atoms with Gasteiger partial charge in [-0.15, -0.1) is 0 Å². The van der Waals surface area contributed by atoms with Crippen LogP contribution in [0.3, 0.4) is 0 Å². The fourth-order valence-electron chi connectivity index (χ4n) is 2.76. The van der Waals surface area contributed by atoms with Gasteiger partial charge in [0.25, 0.3) is 0 Å². The number of nitrogens with one attached hydrogen (secondary N) is 1. The second kappa shape index (κ2) is 6.30. The number of benzene rings is 1. The maximum absolute atomic E-state index is 13.0. The summed E-state index contributed by atoms with van der Waals surface area (Å²) in [7, 11) is 4.21. The van der Waals surface area contributed by atoms with Gasteiger partial charge in [-0.25, -0.2) is 4.39 Å². The summed E-state index contributed by atoms with van der Waals surface area (Å²) in [6, 6.07) is 7.36. The SMILES string of the molecule is CN(C)C(CC1CCNCC1)c1ccc(F)cc1. The minimum absolute atomic E-state index is 0.155. The van der Waals surface area contributed by atoms with Crippen molar-refractivity contribution in [3.63, 3.8) is 0 Å². The Labute approximate surface area is 109 Å². The van der Waals surface area contributed by atoms with Gasteiger partial charge in [0, 0.05) is 6.04 Å². The van der Waals surface area contributed by atoms with Gasteiger partial charge in [0.05, 0.1) is 0 Å². The molecule has 1 aliphatic rings. The van der Waals surface area contributed by atoms with Crippen LogP contribution in [-0.2, 0) is 0 Å². The first-order valence-corrected chi connectivity index (χ1v) is 6.79. The van der Waals surface area contributed by atoms with Gasteiger partial charge in [0.1, 0.15) is 5.82 Å². The van der Waals surface area contributed by atoms with Crippen molar-refractivity contribution < 1.29 is 4.39 Å². The number of nitrogens with zero attached hydrogens (tertiary/aromatic N) is 1. The zero-order chi connectivity index (χ0) is 13.0. The van der Waals surface area contributed by atoms with E-state index in [0.29, 0.717) is 6.04 Å². The Bertz CT molecular complexity index is 355. The summed E-state index contributed by atoms with van der Waals surface area (Å²) < 4.78 is 13.0. The lowest BCUT2D eigenvalue weighted by Gasteiger charge is -2.31. The second-order valence-electron chi connectivity index (χ2n) is 5.46. The van der Waals surface area contributed by atoms with Crippen LogP contribution in [0.25, 0.3) is 0 Å². The van der Waals surface area contributed by atoms with E-state index >= 15 is 0 Å². The van der Waals surface area contributed by atoms with E-state index in [1.54, 1.807) is 12.1 Å². The van der Waals surface area contributed by atoms with Crippen LogP contribution in [0, 0.1) is 11.7 Å². The van der Waals surface area contributed by atoms with Crippen LogP contribution >= 0.6 is 0 Å². The van der Waals surface area contributed by atoms with Crippen LogP contribution in [0.5, 0.6) is 0 Å². The molecule has 2 nitrogen and oxygen atoms in total. The molecule has 1 unspecified atom stereocenters. The first-order chi connectivity index (χ1) is 8.66. The summed E-state index contributed by atoms with van der Waals surface area (Å²) >= 11 is 0. The molecule has 0 spiro atoms. The molecule has 0 radical (unpaired) electrons. The zero-order valence-corrected chi connectivity index (χ0v) is 11.3. The second-order valence-corrected chi connectivity index (χ2v) is 5.46. The third-order valence-corrected chi connectivity index (χ3v) is 3.89. The van der Waals surface area contributed by atoms with E-state index in [2.05, 4.69) is 24.3 Å². The number of rotatable bonds is 4. The van der Waals surface area contributed by atoms with Crippen molar-refractivity contribution in [3.05, 3.63) is 35.6 Å². The summed E-state index contributed by atoms with van der Waals surface area (Å²) in [6.45, 7) is 2.27. The van der Waals surface area contributed by atoms with Crippen molar-refractivity contribution >= 4 is 0 Å². The summed E-state index contributed by atoms with van der Waals surface area (Å²) in [5.74, 6) is 0.627. The smallest absolute Gasteiger partial charge is 0.123 e. The predicted octanol–water partition coefficient (Wildman–Crippen LogP) is 2.82. The number of halogens is 1. The van der Waals surface area contributed by atoms with E-state index in [9.17, 15) is 4.39 Å². The number of hydrogen-bond donors (Lipinski definition) is 1. The number of piperidine rings is 1. The molecular weight excluding hydrogens is 227 g/mol. The molecule has 0 bridgehead atoms. The lowest BCUT2D eigenvalue weighted by molar-refractivity contribution is 0.223. The first kappa shape index (κ1) is 13.5. The third-order valence-electron chi connectivity index (χ3n) is 3.89. The fourth-order valence-corrected chi connectivity index (χ4v) is 2.76. The van der Waals surface area contributed by atoms with E-state index in [4.69, 9.17) is 0 Å². The van der Waals surface area contributed by atoms with Gasteiger partial charge in [-0.05, 0) is 70.1 Å². The highest BCUT2D eigenvalue weighted by atomic mass is 19.1. The summed E-state index contributed by atoms with van der Waals surface area (Å²) in [6.07, 6.45) is 3.68. The Morgan fingerprint density at radius 3 is 2.39 bits per heavy atom. The third kappa shape index (κ3) is 3.53. The Hall–Kier alpha value is -0.930. The van der Waals surface area contributed by atoms with E-state index in [1.807, 2.05) is 12.1 Å². The van der Waals surface area contributed by atoms with Crippen LogP contribution in [0.4, 0.5) is 4.39 Å². The highest BCUT2D eigenvalue weighted by Gasteiger charge is 2.21. The maximum atomic E-state index is 13.0. The lowest BCUT2D eigenvalue weighted by Crippen LogP contribution is -2.31. The molecule has 1 aromatic carbocycles. The van der Waals surface area contributed by atoms with Crippen LogP contribution in [-0.4, -0.2) is 32.1 Å². The van der Waals surface area contributed by atoms with Crippen molar-refractivity contribution in [2.45, 2.75) is 25.3 Å². The van der Waals surface area contributed by atoms with E-state index in [0.717, 1.165) is 19.0 Å². The monoisotopic (exact) mass is 250 g/mol. The molecule has 1 aliphatic heterocycles. The summed E-state index contributed by atoms with van der Waals surface area (Å²) in [5.41, 5.74) is 1.22. The van der Waals surface area contributed by atoms with Crippen LogP contribution < -0.4 is 5.32 Å². The minimum Gasteiger partial charge on any atom is -0.317 e. The highest BCUT2D eigenvalue weighted by Crippen LogP contribution is 2.29. The number of hydrogen-bond acceptors (Lipinski definition) is 2. The van der Waals surface area contributed by atoms with Crippen molar-refractivity contribution in [2.75, 3.05) is 27.2 Å². The maximum Gasteiger partial charge on any atom is 0.123 e. The molecule has 1 heterocycles. The van der Waals surface area contributed by atoms with E-state index in [1.165, 1.54) is 24.8 Å². The standard InChI is InChI=1S/C15H23FN2/c1-18(2)15(11-12-7-9-17-10-8-12)13-3-5-14(16)6-4-13/h3-6,12,15,17H,7-11H2,1-2H3. The molecule has 100 valence electrons. The zero-order valence-electron chi connectivity index (χ0n) is 11.3. The van der Waals surface area contributed by atoms with Gasteiger partial charge in [0.2, 0.25) is 0 Å². The Morgan fingerprint density at radius 2 is 1.83 bits per heavy atom.